The molecule has 0 N–H and O–H groups in total. The van der Waals surface area contributed by atoms with Crippen LogP contribution in [0.4, 0.5) is 0 Å². The molecule has 3 heteroatoms. The fourth-order valence-corrected chi connectivity index (χ4v) is 1.65. The summed E-state index contributed by atoms with van der Waals surface area (Å²) in [4.78, 5) is 13.3. The number of carbonyl (C=O) groups is 1. The van der Waals surface area contributed by atoms with Gasteiger partial charge in [0, 0.05) is 12.0 Å². The quantitative estimate of drug-likeness (QED) is 0.666. The lowest BCUT2D eigenvalue weighted by Crippen LogP contribution is -2.36. The molecule has 0 fully saturated rings. The van der Waals surface area contributed by atoms with Gasteiger partial charge in [-0.05, 0) is 25.1 Å². The first-order valence-electron chi connectivity index (χ1n) is 5.84. The van der Waals surface area contributed by atoms with Crippen LogP contribution in [0.5, 0.6) is 0 Å². The van der Waals surface area contributed by atoms with Crippen molar-refractivity contribution in [3.63, 3.8) is 0 Å². The highest BCUT2D eigenvalue weighted by molar-refractivity contribution is 5.58. The number of hydrogen-bond donors (Lipinski definition) is 0. The lowest BCUT2D eigenvalue weighted by Gasteiger charge is -2.29. The summed E-state index contributed by atoms with van der Waals surface area (Å²) in [6.45, 7) is 8.63. The molecule has 0 aliphatic heterocycles. The van der Waals surface area contributed by atoms with Crippen LogP contribution in [0, 0.1) is 5.41 Å². The van der Waals surface area contributed by atoms with Crippen LogP contribution in [0.25, 0.3) is 0 Å². The molecule has 0 saturated carbocycles. The molecule has 0 aliphatic rings. The van der Waals surface area contributed by atoms with E-state index in [4.69, 9.17) is 4.42 Å². The average molecular weight is 223 g/mol. The molecule has 1 rings (SSSR count). The maximum Gasteiger partial charge on any atom is 0.127 e. The zero-order chi connectivity index (χ0) is 12.0. The van der Waals surface area contributed by atoms with Crippen LogP contribution >= 0.6 is 0 Å². The van der Waals surface area contributed by atoms with E-state index in [2.05, 4.69) is 18.7 Å². The molecule has 1 heterocycles. The molecule has 90 valence electrons. The molecule has 16 heavy (non-hydrogen) atoms. The van der Waals surface area contributed by atoms with Crippen molar-refractivity contribution < 1.29 is 9.21 Å². The largest absolute Gasteiger partial charge is 0.468 e. The molecule has 1 aromatic rings. The Balaban J connectivity index is 2.58. The lowest BCUT2D eigenvalue weighted by molar-refractivity contribution is -0.116. The first-order valence-corrected chi connectivity index (χ1v) is 5.84. The minimum atomic E-state index is -0.247. The SMILES string of the molecule is CCN(Cc1ccco1)CC(C)(C=O)CC. The second-order valence-electron chi connectivity index (χ2n) is 4.51. The lowest BCUT2D eigenvalue weighted by atomic mass is 9.89. The van der Waals surface area contributed by atoms with E-state index in [0.717, 1.165) is 38.1 Å². The van der Waals surface area contributed by atoms with E-state index in [1.807, 2.05) is 19.1 Å². The molecule has 1 atom stereocenters. The molecular weight excluding hydrogens is 202 g/mol. The van der Waals surface area contributed by atoms with Crippen LogP contribution in [0.3, 0.4) is 0 Å². The van der Waals surface area contributed by atoms with Gasteiger partial charge in [-0.1, -0.05) is 20.8 Å². The van der Waals surface area contributed by atoms with Gasteiger partial charge in [-0.25, -0.2) is 0 Å². The maximum absolute atomic E-state index is 11.1. The minimum Gasteiger partial charge on any atom is -0.468 e. The maximum atomic E-state index is 11.1. The summed E-state index contributed by atoms with van der Waals surface area (Å²) in [6.07, 6.45) is 3.62. The summed E-state index contributed by atoms with van der Waals surface area (Å²) < 4.78 is 5.32. The monoisotopic (exact) mass is 223 g/mol. The van der Waals surface area contributed by atoms with Gasteiger partial charge in [-0.3, -0.25) is 4.90 Å². The van der Waals surface area contributed by atoms with Crippen molar-refractivity contribution in [1.82, 2.24) is 4.90 Å². The van der Waals surface area contributed by atoms with Crippen LogP contribution in [0.15, 0.2) is 22.8 Å². The molecule has 0 saturated heterocycles. The summed E-state index contributed by atoms with van der Waals surface area (Å²) in [7, 11) is 0. The number of nitrogens with zero attached hydrogens (tertiary/aromatic N) is 1. The highest BCUT2D eigenvalue weighted by Gasteiger charge is 2.24. The molecule has 0 bridgehead atoms. The number of furan rings is 1. The van der Waals surface area contributed by atoms with E-state index in [0.29, 0.717) is 0 Å². The van der Waals surface area contributed by atoms with Crippen molar-refractivity contribution in [2.24, 2.45) is 5.41 Å². The van der Waals surface area contributed by atoms with Crippen molar-refractivity contribution in [3.8, 4) is 0 Å². The van der Waals surface area contributed by atoms with Crippen molar-refractivity contribution in [2.45, 2.75) is 33.7 Å². The van der Waals surface area contributed by atoms with Crippen molar-refractivity contribution in [3.05, 3.63) is 24.2 Å². The Bertz CT molecular complexity index is 308. The number of aldehydes is 1. The van der Waals surface area contributed by atoms with Gasteiger partial charge in [0.1, 0.15) is 12.0 Å². The minimum absolute atomic E-state index is 0.247. The van der Waals surface area contributed by atoms with Crippen molar-refractivity contribution in [1.29, 1.82) is 0 Å². The van der Waals surface area contributed by atoms with E-state index >= 15 is 0 Å². The highest BCUT2D eigenvalue weighted by atomic mass is 16.3. The number of rotatable bonds is 7. The van der Waals surface area contributed by atoms with Crippen LogP contribution < -0.4 is 0 Å². The fourth-order valence-electron chi connectivity index (χ4n) is 1.65. The summed E-state index contributed by atoms with van der Waals surface area (Å²) in [5, 5.41) is 0. The Morgan fingerprint density at radius 1 is 1.50 bits per heavy atom. The molecule has 0 spiro atoms. The fraction of sp³-hybridized carbons (Fsp3) is 0.615. The predicted molar refractivity (Wildman–Crippen MR) is 64.1 cm³/mol. The van der Waals surface area contributed by atoms with Crippen LogP contribution in [-0.2, 0) is 11.3 Å². The Morgan fingerprint density at radius 2 is 2.25 bits per heavy atom. The summed E-state index contributed by atoms with van der Waals surface area (Å²) in [6, 6.07) is 3.86. The van der Waals surface area contributed by atoms with Crippen molar-refractivity contribution >= 4 is 6.29 Å². The van der Waals surface area contributed by atoms with Gasteiger partial charge in [0.05, 0.1) is 12.8 Å². The third-order valence-electron chi connectivity index (χ3n) is 3.08. The third-order valence-corrected chi connectivity index (χ3v) is 3.08. The molecule has 3 nitrogen and oxygen atoms in total. The average Bonchev–Trinajstić information content (AvgIpc) is 2.80. The first kappa shape index (κ1) is 13.0. The topological polar surface area (TPSA) is 33.5 Å². The van der Waals surface area contributed by atoms with E-state index in [-0.39, 0.29) is 5.41 Å². The Kier molecular flexibility index (Phi) is 4.74. The molecule has 1 aromatic heterocycles. The van der Waals surface area contributed by atoms with Crippen LogP contribution in [-0.4, -0.2) is 24.3 Å². The zero-order valence-corrected chi connectivity index (χ0v) is 10.4. The first-order chi connectivity index (χ1) is 7.63. The molecule has 0 amide bonds. The molecular formula is C13H21NO2. The number of carbonyl (C=O) groups excluding carboxylic acids is 1. The molecule has 0 aliphatic carbocycles. The van der Waals surface area contributed by atoms with E-state index in [1.54, 1.807) is 6.26 Å². The van der Waals surface area contributed by atoms with Crippen molar-refractivity contribution in [2.75, 3.05) is 13.1 Å². The Hall–Kier alpha value is -1.09. The third kappa shape index (κ3) is 3.49. The number of hydrogen-bond acceptors (Lipinski definition) is 3. The second kappa shape index (κ2) is 5.85. The second-order valence-corrected chi connectivity index (χ2v) is 4.51. The Labute approximate surface area is 97.4 Å². The van der Waals surface area contributed by atoms with Gasteiger partial charge in [0.25, 0.3) is 0 Å². The molecule has 0 aromatic carbocycles. The van der Waals surface area contributed by atoms with Crippen LogP contribution in [0.1, 0.15) is 33.0 Å². The van der Waals surface area contributed by atoms with E-state index < -0.39 is 0 Å². The summed E-state index contributed by atoms with van der Waals surface area (Å²) >= 11 is 0. The molecule has 0 radical (unpaired) electrons. The highest BCUT2D eigenvalue weighted by Crippen LogP contribution is 2.20. The van der Waals surface area contributed by atoms with E-state index in [1.165, 1.54) is 0 Å². The van der Waals surface area contributed by atoms with E-state index in [9.17, 15) is 4.79 Å². The summed E-state index contributed by atoms with van der Waals surface area (Å²) in [5.41, 5.74) is -0.247. The van der Waals surface area contributed by atoms with Gasteiger partial charge >= 0.3 is 0 Å². The Morgan fingerprint density at radius 3 is 2.69 bits per heavy atom. The van der Waals surface area contributed by atoms with Gasteiger partial charge < -0.3 is 9.21 Å². The van der Waals surface area contributed by atoms with Gasteiger partial charge in [0.2, 0.25) is 0 Å². The van der Waals surface area contributed by atoms with Gasteiger partial charge in [-0.15, -0.1) is 0 Å². The standard InChI is InChI=1S/C13H21NO2/c1-4-13(3,11-15)10-14(5-2)9-12-7-6-8-16-12/h6-8,11H,4-5,9-10H2,1-3H3. The summed E-state index contributed by atoms with van der Waals surface area (Å²) in [5.74, 6) is 0.950. The van der Waals surface area contributed by atoms with Crippen LogP contribution in [0.2, 0.25) is 0 Å². The van der Waals surface area contributed by atoms with Gasteiger partial charge in [0.15, 0.2) is 0 Å². The molecule has 1 unspecified atom stereocenters. The smallest absolute Gasteiger partial charge is 0.127 e. The predicted octanol–water partition coefficient (Wildman–Crippen LogP) is 2.72. The zero-order valence-electron chi connectivity index (χ0n) is 10.4. The van der Waals surface area contributed by atoms with Gasteiger partial charge in [-0.2, -0.15) is 0 Å². The normalized spacial score (nSPS) is 15.0.